The van der Waals surface area contributed by atoms with E-state index in [4.69, 9.17) is 4.74 Å². The minimum atomic E-state index is 0.224. The zero-order chi connectivity index (χ0) is 15.4. The highest BCUT2D eigenvalue weighted by Gasteiger charge is 2.31. The van der Waals surface area contributed by atoms with E-state index in [1.54, 1.807) is 0 Å². The highest BCUT2D eigenvalue weighted by Crippen LogP contribution is 2.33. The van der Waals surface area contributed by atoms with Crippen LogP contribution in [-0.4, -0.2) is 11.9 Å². The third-order valence-electron chi connectivity index (χ3n) is 5.41. The summed E-state index contributed by atoms with van der Waals surface area (Å²) >= 11 is 0. The van der Waals surface area contributed by atoms with Crippen LogP contribution >= 0.6 is 0 Å². The van der Waals surface area contributed by atoms with Gasteiger partial charge in [-0.05, 0) is 56.2 Å². The molecule has 2 aliphatic carbocycles. The lowest BCUT2D eigenvalue weighted by atomic mass is 9.93. The molecule has 2 heteroatoms. The van der Waals surface area contributed by atoms with Gasteiger partial charge in [0, 0.05) is 12.3 Å². The Morgan fingerprint density at radius 3 is 2.77 bits per heavy atom. The van der Waals surface area contributed by atoms with E-state index in [2.05, 4.69) is 19.1 Å². The zero-order valence-electron chi connectivity index (χ0n) is 13.7. The average molecular weight is 300 g/mol. The Balaban J connectivity index is 1.44. The molecule has 2 nitrogen and oxygen atoms in total. The monoisotopic (exact) mass is 300 g/mol. The summed E-state index contributed by atoms with van der Waals surface area (Å²) in [4.78, 5) is 12.4. The molecule has 0 heterocycles. The van der Waals surface area contributed by atoms with Crippen molar-refractivity contribution in [1.82, 2.24) is 0 Å². The summed E-state index contributed by atoms with van der Waals surface area (Å²) in [5.41, 5.74) is 1.22. The van der Waals surface area contributed by atoms with E-state index in [0.717, 1.165) is 43.8 Å². The Bertz CT molecular complexity index is 502. The fourth-order valence-electron chi connectivity index (χ4n) is 4.07. The van der Waals surface area contributed by atoms with Gasteiger partial charge in [0.1, 0.15) is 11.5 Å². The van der Waals surface area contributed by atoms with E-state index < -0.39 is 0 Å². The molecular formula is C20H28O2. The third kappa shape index (κ3) is 4.12. The number of rotatable bonds is 6. The van der Waals surface area contributed by atoms with Crippen molar-refractivity contribution in [2.75, 3.05) is 0 Å². The molecule has 0 amide bonds. The van der Waals surface area contributed by atoms with Crippen molar-refractivity contribution >= 4 is 5.78 Å². The first-order chi connectivity index (χ1) is 10.7. The van der Waals surface area contributed by atoms with E-state index in [0.29, 0.717) is 5.78 Å². The molecule has 2 unspecified atom stereocenters. The van der Waals surface area contributed by atoms with Crippen LogP contribution in [-0.2, 0) is 4.79 Å². The van der Waals surface area contributed by atoms with Gasteiger partial charge in [-0.3, -0.25) is 4.79 Å². The average Bonchev–Trinajstić information content (AvgIpc) is 3.16. The molecule has 2 saturated carbocycles. The molecule has 0 spiro atoms. The molecule has 2 atom stereocenters. The van der Waals surface area contributed by atoms with Crippen molar-refractivity contribution in [3.8, 4) is 5.75 Å². The smallest absolute Gasteiger partial charge is 0.136 e. The number of Topliss-reactive ketones (excluding diaryl/α,β-unsaturated/α-hetero) is 1. The zero-order valence-corrected chi connectivity index (χ0v) is 13.7. The van der Waals surface area contributed by atoms with Gasteiger partial charge in [-0.1, -0.05) is 37.8 Å². The molecule has 0 radical (unpaired) electrons. The molecular weight excluding hydrogens is 272 g/mol. The van der Waals surface area contributed by atoms with Gasteiger partial charge >= 0.3 is 0 Å². The summed E-state index contributed by atoms with van der Waals surface area (Å²) < 4.78 is 6.06. The van der Waals surface area contributed by atoms with E-state index in [1.165, 1.54) is 31.2 Å². The van der Waals surface area contributed by atoms with Crippen molar-refractivity contribution in [1.29, 1.82) is 0 Å². The normalized spacial score (nSPS) is 25.5. The summed E-state index contributed by atoms with van der Waals surface area (Å²) in [5.74, 6) is 2.51. The largest absolute Gasteiger partial charge is 0.490 e. The van der Waals surface area contributed by atoms with Crippen LogP contribution in [0.2, 0.25) is 0 Å². The predicted molar refractivity (Wildman–Crippen MR) is 89.1 cm³/mol. The first-order valence-electron chi connectivity index (χ1n) is 8.97. The van der Waals surface area contributed by atoms with Gasteiger partial charge in [0.25, 0.3) is 0 Å². The van der Waals surface area contributed by atoms with Crippen LogP contribution in [0.25, 0.3) is 0 Å². The van der Waals surface area contributed by atoms with Gasteiger partial charge in [-0.2, -0.15) is 0 Å². The molecule has 1 aromatic rings. The number of aryl methyl sites for hydroxylation is 1. The first kappa shape index (κ1) is 15.6. The molecule has 0 N–H and O–H groups in total. The van der Waals surface area contributed by atoms with Gasteiger partial charge in [0.15, 0.2) is 0 Å². The Morgan fingerprint density at radius 1 is 1.18 bits per heavy atom. The minimum Gasteiger partial charge on any atom is -0.490 e. The van der Waals surface area contributed by atoms with Gasteiger partial charge < -0.3 is 4.74 Å². The molecule has 1 aromatic carbocycles. The predicted octanol–water partition coefficient (Wildman–Crippen LogP) is 5.08. The third-order valence-corrected chi connectivity index (χ3v) is 5.41. The molecule has 0 bridgehead atoms. The maximum absolute atomic E-state index is 12.4. The summed E-state index contributed by atoms with van der Waals surface area (Å²) in [7, 11) is 0. The van der Waals surface area contributed by atoms with Crippen molar-refractivity contribution < 1.29 is 9.53 Å². The van der Waals surface area contributed by atoms with Crippen LogP contribution in [0.4, 0.5) is 0 Å². The highest BCUT2D eigenvalue weighted by molar-refractivity contribution is 5.81. The summed E-state index contributed by atoms with van der Waals surface area (Å²) in [5, 5.41) is 0. The number of ketones is 1. The second-order valence-corrected chi connectivity index (χ2v) is 7.22. The van der Waals surface area contributed by atoms with Gasteiger partial charge in [-0.25, -0.2) is 0 Å². The van der Waals surface area contributed by atoms with Gasteiger partial charge in [0.05, 0.1) is 6.10 Å². The molecule has 22 heavy (non-hydrogen) atoms. The van der Waals surface area contributed by atoms with Crippen LogP contribution in [0.5, 0.6) is 5.75 Å². The number of benzene rings is 1. The van der Waals surface area contributed by atoms with Crippen LogP contribution in [0.15, 0.2) is 24.3 Å². The summed E-state index contributed by atoms with van der Waals surface area (Å²) in [6, 6.07) is 8.21. The fourth-order valence-corrected chi connectivity index (χ4v) is 4.07. The highest BCUT2D eigenvalue weighted by atomic mass is 16.5. The second kappa shape index (κ2) is 7.30. The van der Waals surface area contributed by atoms with Crippen molar-refractivity contribution in [3.05, 3.63) is 29.8 Å². The second-order valence-electron chi connectivity index (χ2n) is 7.22. The number of ether oxygens (including phenoxy) is 1. The van der Waals surface area contributed by atoms with E-state index in [9.17, 15) is 4.79 Å². The molecule has 0 aromatic heterocycles. The van der Waals surface area contributed by atoms with Crippen LogP contribution < -0.4 is 4.74 Å². The summed E-state index contributed by atoms with van der Waals surface area (Å²) in [6.07, 6.45) is 10.5. The number of carbonyl (C=O) groups is 1. The molecule has 0 aliphatic heterocycles. The van der Waals surface area contributed by atoms with E-state index >= 15 is 0 Å². The molecule has 2 aliphatic rings. The van der Waals surface area contributed by atoms with Crippen LogP contribution in [0.3, 0.4) is 0 Å². The Labute approximate surface area is 134 Å². The number of hydrogen-bond acceptors (Lipinski definition) is 2. The van der Waals surface area contributed by atoms with Crippen molar-refractivity contribution in [3.63, 3.8) is 0 Å². The first-order valence-corrected chi connectivity index (χ1v) is 8.97. The Hall–Kier alpha value is -1.31. The topological polar surface area (TPSA) is 26.3 Å². The van der Waals surface area contributed by atoms with E-state index in [-0.39, 0.29) is 12.0 Å². The molecule has 2 fully saturated rings. The summed E-state index contributed by atoms with van der Waals surface area (Å²) in [6.45, 7) is 2.08. The Morgan fingerprint density at radius 2 is 2.00 bits per heavy atom. The number of hydrogen-bond donors (Lipinski definition) is 0. The van der Waals surface area contributed by atoms with Gasteiger partial charge in [0.2, 0.25) is 0 Å². The lowest BCUT2D eigenvalue weighted by Crippen LogP contribution is -2.16. The quantitative estimate of drug-likeness (QED) is 0.732. The lowest BCUT2D eigenvalue weighted by molar-refractivity contribution is -0.123. The molecule has 120 valence electrons. The van der Waals surface area contributed by atoms with Crippen LogP contribution in [0.1, 0.15) is 63.4 Å². The maximum atomic E-state index is 12.4. The lowest BCUT2D eigenvalue weighted by Gasteiger charge is -2.15. The SMILES string of the molecule is Cc1cccc(OC2CCC(C(=O)CCC3CCCC3)C2)c1. The maximum Gasteiger partial charge on any atom is 0.136 e. The van der Waals surface area contributed by atoms with E-state index in [1.807, 2.05) is 12.1 Å². The van der Waals surface area contributed by atoms with Crippen molar-refractivity contribution in [2.45, 2.75) is 70.8 Å². The van der Waals surface area contributed by atoms with Crippen LogP contribution in [0, 0.1) is 18.8 Å². The molecule has 3 rings (SSSR count). The standard InChI is InChI=1S/C20H28O2/c1-15-5-4-8-18(13-15)22-19-11-10-17(14-19)20(21)12-9-16-6-2-3-7-16/h4-5,8,13,16-17,19H,2-3,6-7,9-12,14H2,1H3. The minimum absolute atomic E-state index is 0.224. The Kier molecular flexibility index (Phi) is 5.17. The number of carbonyl (C=O) groups excluding carboxylic acids is 1. The van der Waals surface area contributed by atoms with Gasteiger partial charge in [-0.15, -0.1) is 0 Å². The fraction of sp³-hybridized carbons (Fsp3) is 0.650. The van der Waals surface area contributed by atoms with Crippen molar-refractivity contribution in [2.24, 2.45) is 11.8 Å². The molecule has 0 saturated heterocycles.